The first-order valence-corrected chi connectivity index (χ1v) is 11.0. The SMILES string of the molecule is Cc1noc(CCCNC(=O)c2cccc(S(=O)(=O)N3CC(C)OC(C)C3)c2)n1. The second-order valence-electron chi connectivity index (χ2n) is 7.20. The minimum absolute atomic E-state index is 0.104. The Hall–Kier alpha value is -2.30. The monoisotopic (exact) mass is 422 g/mol. The lowest BCUT2D eigenvalue weighted by Gasteiger charge is -2.34. The quantitative estimate of drug-likeness (QED) is 0.673. The first kappa shape index (κ1) is 21.4. The molecule has 1 aromatic heterocycles. The lowest BCUT2D eigenvalue weighted by Crippen LogP contribution is -2.48. The molecule has 1 aliphatic heterocycles. The molecule has 0 bridgehead atoms. The first-order valence-electron chi connectivity index (χ1n) is 9.59. The van der Waals surface area contributed by atoms with Crippen molar-refractivity contribution in [2.24, 2.45) is 0 Å². The summed E-state index contributed by atoms with van der Waals surface area (Å²) in [5.41, 5.74) is 0.300. The lowest BCUT2D eigenvalue weighted by atomic mass is 10.2. The number of nitrogens with one attached hydrogen (secondary N) is 1. The maximum atomic E-state index is 13.0. The Labute approximate surface area is 170 Å². The van der Waals surface area contributed by atoms with E-state index in [1.54, 1.807) is 19.1 Å². The summed E-state index contributed by atoms with van der Waals surface area (Å²) >= 11 is 0. The van der Waals surface area contributed by atoms with Gasteiger partial charge in [0.25, 0.3) is 5.91 Å². The number of rotatable bonds is 7. The molecular weight excluding hydrogens is 396 g/mol. The molecule has 0 aliphatic carbocycles. The van der Waals surface area contributed by atoms with E-state index in [9.17, 15) is 13.2 Å². The number of aryl methyl sites for hydroxylation is 2. The van der Waals surface area contributed by atoms with Crippen LogP contribution in [0.15, 0.2) is 33.7 Å². The third kappa shape index (κ3) is 5.40. The van der Waals surface area contributed by atoms with Gasteiger partial charge < -0.3 is 14.6 Å². The molecule has 9 nitrogen and oxygen atoms in total. The summed E-state index contributed by atoms with van der Waals surface area (Å²) in [6.07, 6.45) is 0.836. The van der Waals surface area contributed by atoms with Crippen molar-refractivity contribution in [1.29, 1.82) is 0 Å². The van der Waals surface area contributed by atoms with Crippen LogP contribution in [0.2, 0.25) is 0 Å². The summed E-state index contributed by atoms with van der Waals surface area (Å²) < 4.78 is 38.0. The Balaban J connectivity index is 1.61. The number of morpholine rings is 1. The predicted molar refractivity (Wildman–Crippen MR) is 105 cm³/mol. The first-order chi connectivity index (χ1) is 13.8. The van der Waals surface area contributed by atoms with Gasteiger partial charge >= 0.3 is 0 Å². The number of hydrogen-bond donors (Lipinski definition) is 1. The van der Waals surface area contributed by atoms with Crippen molar-refractivity contribution in [3.05, 3.63) is 41.5 Å². The maximum absolute atomic E-state index is 13.0. The van der Waals surface area contributed by atoms with Gasteiger partial charge in [0.15, 0.2) is 5.82 Å². The van der Waals surface area contributed by atoms with Crippen LogP contribution >= 0.6 is 0 Å². The van der Waals surface area contributed by atoms with Crippen LogP contribution in [0.1, 0.15) is 42.3 Å². The highest BCUT2D eigenvalue weighted by molar-refractivity contribution is 7.89. The van der Waals surface area contributed by atoms with Gasteiger partial charge in [-0.1, -0.05) is 11.2 Å². The van der Waals surface area contributed by atoms with Crippen LogP contribution in [0.25, 0.3) is 0 Å². The number of hydrogen-bond acceptors (Lipinski definition) is 7. The summed E-state index contributed by atoms with van der Waals surface area (Å²) in [7, 11) is -3.70. The molecule has 3 rings (SSSR count). The fourth-order valence-corrected chi connectivity index (χ4v) is 4.90. The Kier molecular flexibility index (Phi) is 6.66. The average molecular weight is 423 g/mol. The zero-order chi connectivity index (χ0) is 21.0. The van der Waals surface area contributed by atoms with Gasteiger partial charge in [0.2, 0.25) is 15.9 Å². The number of amides is 1. The van der Waals surface area contributed by atoms with Crippen molar-refractivity contribution < 1.29 is 22.5 Å². The summed E-state index contributed by atoms with van der Waals surface area (Å²) in [4.78, 5) is 16.6. The van der Waals surface area contributed by atoms with Gasteiger partial charge in [-0.05, 0) is 45.4 Å². The summed E-state index contributed by atoms with van der Waals surface area (Å²) in [6.45, 7) is 6.43. The van der Waals surface area contributed by atoms with E-state index in [-0.39, 0.29) is 36.1 Å². The molecule has 0 spiro atoms. The molecular formula is C19H26N4O5S. The van der Waals surface area contributed by atoms with Crippen molar-refractivity contribution in [3.8, 4) is 0 Å². The second kappa shape index (κ2) is 9.02. The fourth-order valence-electron chi connectivity index (χ4n) is 3.26. The van der Waals surface area contributed by atoms with Crippen LogP contribution in [0.3, 0.4) is 0 Å². The molecule has 29 heavy (non-hydrogen) atoms. The van der Waals surface area contributed by atoms with Gasteiger partial charge in [-0.3, -0.25) is 4.79 Å². The molecule has 2 unspecified atom stereocenters. The average Bonchev–Trinajstić information content (AvgIpc) is 3.09. The van der Waals surface area contributed by atoms with Gasteiger partial charge in [-0.15, -0.1) is 0 Å². The molecule has 1 aliphatic rings. The smallest absolute Gasteiger partial charge is 0.251 e. The van der Waals surface area contributed by atoms with E-state index in [0.717, 1.165) is 0 Å². The van der Waals surface area contributed by atoms with Crippen LogP contribution in [-0.2, 0) is 21.2 Å². The largest absolute Gasteiger partial charge is 0.373 e. The lowest BCUT2D eigenvalue weighted by molar-refractivity contribution is -0.0440. The number of benzene rings is 1. The van der Waals surface area contributed by atoms with Crippen LogP contribution in [0.4, 0.5) is 0 Å². The molecule has 1 N–H and O–H groups in total. The number of ether oxygens (including phenoxy) is 1. The third-order valence-electron chi connectivity index (χ3n) is 4.54. The third-order valence-corrected chi connectivity index (χ3v) is 6.37. The number of carbonyl (C=O) groups is 1. The zero-order valence-electron chi connectivity index (χ0n) is 16.8. The molecule has 0 saturated carbocycles. The Bertz CT molecular complexity index is 949. The van der Waals surface area contributed by atoms with Gasteiger partial charge in [0.05, 0.1) is 17.1 Å². The Morgan fingerprint density at radius 3 is 2.66 bits per heavy atom. The van der Waals surface area contributed by atoms with E-state index in [0.29, 0.717) is 36.7 Å². The molecule has 2 atom stereocenters. The summed E-state index contributed by atoms with van der Waals surface area (Å²) in [5, 5.41) is 6.51. The van der Waals surface area contributed by atoms with E-state index >= 15 is 0 Å². The van der Waals surface area contributed by atoms with Gasteiger partial charge in [-0.25, -0.2) is 8.42 Å². The highest BCUT2D eigenvalue weighted by atomic mass is 32.2. The molecule has 2 aromatic rings. The molecule has 1 saturated heterocycles. The molecule has 2 heterocycles. The van der Waals surface area contributed by atoms with Crippen molar-refractivity contribution in [2.45, 2.75) is 50.7 Å². The Morgan fingerprint density at radius 2 is 2.00 bits per heavy atom. The van der Waals surface area contributed by atoms with E-state index in [2.05, 4.69) is 15.5 Å². The van der Waals surface area contributed by atoms with Crippen molar-refractivity contribution in [2.75, 3.05) is 19.6 Å². The van der Waals surface area contributed by atoms with Crippen LogP contribution in [0.5, 0.6) is 0 Å². The zero-order valence-corrected chi connectivity index (χ0v) is 17.6. The van der Waals surface area contributed by atoms with E-state index in [4.69, 9.17) is 9.26 Å². The van der Waals surface area contributed by atoms with Gasteiger partial charge in [-0.2, -0.15) is 9.29 Å². The minimum atomic E-state index is -3.70. The number of sulfonamides is 1. The predicted octanol–water partition coefficient (Wildman–Crippen LogP) is 1.54. The molecule has 158 valence electrons. The molecule has 1 fully saturated rings. The molecule has 1 amide bonds. The highest BCUT2D eigenvalue weighted by Gasteiger charge is 2.32. The van der Waals surface area contributed by atoms with E-state index < -0.39 is 10.0 Å². The standard InChI is InChI=1S/C19H26N4O5S/c1-13-11-23(12-14(2)27-13)29(25,26)17-7-4-6-16(10-17)19(24)20-9-5-8-18-21-15(3)22-28-18/h4,6-7,10,13-14H,5,8-9,11-12H2,1-3H3,(H,20,24). The van der Waals surface area contributed by atoms with Gasteiger partial charge in [0, 0.05) is 31.6 Å². The van der Waals surface area contributed by atoms with E-state index in [1.165, 1.54) is 16.4 Å². The molecule has 10 heteroatoms. The van der Waals surface area contributed by atoms with Crippen LogP contribution in [-0.4, -0.2) is 60.6 Å². The van der Waals surface area contributed by atoms with Crippen LogP contribution in [0, 0.1) is 6.92 Å². The molecule has 0 radical (unpaired) electrons. The molecule has 1 aromatic carbocycles. The summed E-state index contributed by atoms with van der Waals surface area (Å²) in [5.74, 6) is 0.775. The van der Waals surface area contributed by atoms with Crippen molar-refractivity contribution in [1.82, 2.24) is 19.8 Å². The second-order valence-corrected chi connectivity index (χ2v) is 9.14. The topological polar surface area (TPSA) is 115 Å². The number of nitrogens with zero attached hydrogens (tertiary/aromatic N) is 3. The normalized spacial score (nSPS) is 20.5. The van der Waals surface area contributed by atoms with E-state index in [1.807, 2.05) is 13.8 Å². The van der Waals surface area contributed by atoms with Gasteiger partial charge in [0.1, 0.15) is 0 Å². The van der Waals surface area contributed by atoms with Crippen LogP contribution < -0.4 is 5.32 Å². The fraction of sp³-hybridized carbons (Fsp3) is 0.526. The van der Waals surface area contributed by atoms with Crippen molar-refractivity contribution >= 4 is 15.9 Å². The highest BCUT2D eigenvalue weighted by Crippen LogP contribution is 2.22. The van der Waals surface area contributed by atoms with Crippen molar-refractivity contribution in [3.63, 3.8) is 0 Å². The summed E-state index contributed by atoms with van der Waals surface area (Å²) in [6, 6.07) is 6.10. The minimum Gasteiger partial charge on any atom is -0.373 e. The number of aromatic nitrogens is 2. The maximum Gasteiger partial charge on any atom is 0.251 e. The Morgan fingerprint density at radius 1 is 1.28 bits per heavy atom. The number of carbonyl (C=O) groups excluding carboxylic acids is 1.